The molecule has 0 aliphatic rings. The van der Waals surface area contributed by atoms with Crippen molar-refractivity contribution in [3.63, 3.8) is 0 Å². The molecule has 0 unspecified atom stereocenters. The van der Waals surface area contributed by atoms with Crippen LogP contribution in [0, 0.1) is 12.7 Å². The Balaban J connectivity index is 1.74. The number of nitrogens with one attached hydrogen (secondary N) is 2. The summed E-state index contributed by atoms with van der Waals surface area (Å²) in [5.41, 5.74) is 1.36. The maximum atomic E-state index is 15.0. The van der Waals surface area contributed by atoms with E-state index in [1.165, 1.54) is 6.07 Å². The molecule has 2 heterocycles. The molecule has 34 heavy (non-hydrogen) atoms. The Kier molecular flexibility index (Phi) is 7.01. The van der Waals surface area contributed by atoms with E-state index in [-0.39, 0.29) is 16.9 Å². The molecule has 4 aromatic rings. The second-order valence-corrected chi connectivity index (χ2v) is 8.11. The van der Waals surface area contributed by atoms with E-state index < -0.39 is 17.1 Å². The van der Waals surface area contributed by atoms with Gasteiger partial charge in [0.05, 0.1) is 12.3 Å². The summed E-state index contributed by atoms with van der Waals surface area (Å²) in [6.45, 7) is 4.60. The molecule has 0 spiro atoms. The minimum absolute atomic E-state index is 0.00112. The first kappa shape index (κ1) is 23.2. The van der Waals surface area contributed by atoms with Crippen LogP contribution in [0.2, 0.25) is 0 Å². The van der Waals surface area contributed by atoms with Gasteiger partial charge in [0.25, 0.3) is 5.56 Å². The highest BCUT2D eigenvalue weighted by Crippen LogP contribution is 2.30. The Bertz CT molecular complexity index is 1390. The first-order valence-corrected chi connectivity index (χ1v) is 11.3. The van der Waals surface area contributed by atoms with Gasteiger partial charge >= 0.3 is 5.69 Å². The third-order valence-corrected chi connectivity index (χ3v) is 5.55. The quantitative estimate of drug-likeness (QED) is 0.358. The smallest absolute Gasteiger partial charge is 0.366 e. The van der Waals surface area contributed by atoms with E-state index in [0.29, 0.717) is 23.5 Å². The van der Waals surface area contributed by atoms with Crippen molar-refractivity contribution in [3.05, 3.63) is 80.7 Å². The van der Waals surface area contributed by atoms with Crippen LogP contribution in [-0.4, -0.2) is 31.8 Å². The number of aromatic amines is 2. The number of hydrogen-bond acceptors (Lipinski definition) is 5. The topological polar surface area (TPSA) is 106 Å². The summed E-state index contributed by atoms with van der Waals surface area (Å²) < 4.78 is 21.6. The summed E-state index contributed by atoms with van der Waals surface area (Å²) in [5.74, 6) is -0.0902. The average Bonchev–Trinajstić information content (AvgIpc) is 3.24. The maximum Gasteiger partial charge on any atom is 0.366 e. The molecule has 0 radical (unpaired) electrons. The van der Waals surface area contributed by atoms with E-state index in [1.807, 2.05) is 31.2 Å². The number of hydrogen-bond donors (Lipinski definition) is 2. The third kappa shape index (κ3) is 4.98. The van der Waals surface area contributed by atoms with Gasteiger partial charge in [0.2, 0.25) is 0 Å². The molecule has 8 nitrogen and oxygen atoms in total. The van der Waals surface area contributed by atoms with E-state index in [0.717, 1.165) is 35.9 Å². The Hall–Kier alpha value is -4.01. The van der Waals surface area contributed by atoms with Crippen LogP contribution >= 0.6 is 0 Å². The van der Waals surface area contributed by atoms with Gasteiger partial charge in [-0.3, -0.25) is 4.79 Å². The first-order valence-electron chi connectivity index (χ1n) is 11.3. The zero-order valence-electron chi connectivity index (χ0n) is 19.1. The molecular weight excluding hydrogens is 437 g/mol. The zero-order chi connectivity index (χ0) is 24.1. The highest BCUT2D eigenvalue weighted by atomic mass is 19.1. The fraction of sp³-hybridized carbons (Fsp3) is 0.280. The van der Waals surface area contributed by atoms with Gasteiger partial charge in [-0.05, 0) is 47.5 Å². The van der Waals surface area contributed by atoms with E-state index in [1.54, 1.807) is 18.2 Å². The summed E-state index contributed by atoms with van der Waals surface area (Å²) in [4.78, 5) is 27.9. The summed E-state index contributed by atoms with van der Waals surface area (Å²) in [5, 5.41) is 9.39. The van der Waals surface area contributed by atoms with E-state index >= 15 is 4.39 Å². The second-order valence-electron chi connectivity index (χ2n) is 8.11. The number of nitrogens with zero attached hydrogens (tertiary/aromatic N) is 3. The molecule has 4 rings (SSSR count). The minimum Gasteiger partial charge on any atom is -0.493 e. The molecule has 0 atom stereocenters. The van der Waals surface area contributed by atoms with E-state index in [2.05, 4.69) is 27.4 Å². The fourth-order valence-corrected chi connectivity index (χ4v) is 3.73. The van der Waals surface area contributed by atoms with Crippen LogP contribution in [0.5, 0.6) is 5.75 Å². The Morgan fingerprint density at radius 1 is 1.00 bits per heavy atom. The summed E-state index contributed by atoms with van der Waals surface area (Å²) in [7, 11) is 0. The van der Waals surface area contributed by atoms with Gasteiger partial charge in [0.15, 0.2) is 0 Å². The normalized spacial score (nSPS) is 11.0. The van der Waals surface area contributed by atoms with Gasteiger partial charge < -0.3 is 9.72 Å². The Morgan fingerprint density at radius 2 is 1.79 bits per heavy atom. The maximum absolute atomic E-state index is 15.0. The van der Waals surface area contributed by atoms with Crippen LogP contribution in [0.1, 0.15) is 38.2 Å². The number of pyridine rings is 1. The Labute approximate surface area is 195 Å². The lowest BCUT2D eigenvalue weighted by Gasteiger charge is -2.13. The molecule has 2 N–H and O–H groups in total. The number of aryl methyl sites for hydroxylation is 1. The number of aromatic nitrogens is 5. The van der Waals surface area contributed by atoms with Crippen LogP contribution in [0.25, 0.3) is 28.1 Å². The van der Waals surface area contributed by atoms with Crippen LogP contribution in [-0.2, 0) is 0 Å². The number of benzene rings is 2. The van der Waals surface area contributed by atoms with Crippen LogP contribution in [0.15, 0.2) is 58.1 Å². The minimum atomic E-state index is -0.654. The van der Waals surface area contributed by atoms with Gasteiger partial charge in [-0.2, -0.15) is 4.68 Å². The number of ether oxygens (including phenoxy) is 1. The molecule has 0 aliphatic carbocycles. The molecule has 0 saturated carbocycles. The standard InChI is InChI=1S/C25H26FN5O3/c1-3-4-5-6-13-34-18-11-12-19(21(26)14-18)22-15-20(17-9-7-16(2)8-10-17)23(24(32)27-22)31-25(33)28-29-30-31/h7-12,14-15H,3-6,13H2,1-2H3,(H,27,32)(H,28,30,33). The van der Waals surface area contributed by atoms with Crippen molar-refractivity contribution in [2.45, 2.75) is 39.5 Å². The van der Waals surface area contributed by atoms with Gasteiger partial charge in [-0.1, -0.05) is 56.0 Å². The summed E-state index contributed by atoms with van der Waals surface area (Å²) >= 11 is 0. The van der Waals surface area contributed by atoms with Crippen molar-refractivity contribution < 1.29 is 9.13 Å². The molecule has 2 aromatic carbocycles. The van der Waals surface area contributed by atoms with Crippen LogP contribution < -0.4 is 16.0 Å². The molecule has 9 heteroatoms. The van der Waals surface area contributed by atoms with Crippen LogP contribution in [0.3, 0.4) is 0 Å². The van der Waals surface area contributed by atoms with Crippen molar-refractivity contribution in [1.29, 1.82) is 0 Å². The van der Waals surface area contributed by atoms with Crippen molar-refractivity contribution >= 4 is 0 Å². The molecular formula is C25H26FN5O3. The second kappa shape index (κ2) is 10.3. The highest BCUT2D eigenvalue weighted by Gasteiger charge is 2.19. The van der Waals surface area contributed by atoms with Crippen molar-refractivity contribution in [2.24, 2.45) is 0 Å². The largest absolute Gasteiger partial charge is 0.493 e. The third-order valence-electron chi connectivity index (χ3n) is 5.55. The zero-order valence-corrected chi connectivity index (χ0v) is 19.1. The molecule has 2 aromatic heterocycles. The van der Waals surface area contributed by atoms with E-state index in [9.17, 15) is 9.59 Å². The predicted octanol–water partition coefficient (Wildman–Crippen LogP) is 4.38. The molecule has 0 amide bonds. The monoisotopic (exact) mass is 463 g/mol. The van der Waals surface area contributed by atoms with Gasteiger partial charge in [0, 0.05) is 17.2 Å². The first-order chi connectivity index (χ1) is 16.5. The molecule has 176 valence electrons. The van der Waals surface area contributed by atoms with Crippen molar-refractivity contribution in [3.8, 4) is 33.8 Å². The molecule has 0 saturated heterocycles. The van der Waals surface area contributed by atoms with E-state index in [4.69, 9.17) is 4.74 Å². The average molecular weight is 464 g/mol. The number of halogens is 1. The lowest BCUT2D eigenvalue weighted by atomic mass is 10.0. The van der Waals surface area contributed by atoms with Gasteiger partial charge in [-0.15, -0.1) is 0 Å². The number of H-pyrrole nitrogens is 2. The fourth-order valence-electron chi connectivity index (χ4n) is 3.73. The molecule has 0 fully saturated rings. The van der Waals surface area contributed by atoms with Crippen molar-refractivity contribution in [1.82, 2.24) is 25.2 Å². The highest BCUT2D eigenvalue weighted by molar-refractivity contribution is 5.77. The summed E-state index contributed by atoms with van der Waals surface area (Å²) in [6.07, 6.45) is 4.26. The number of tetrazole rings is 1. The van der Waals surface area contributed by atoms with Crippen LogP contribution in [0.4, 0.5) is 4.39 Å². The van der Waals surface area contributed by atoms with Crippen molar-refractivity contribution in [2.75, 3.05) is 6.61 Å². The Morgan fingerprint density at radius 3 is 2.47 bits per heavy atom. The number of unbranched alkanes of at least 4 members (excludes halogenated alkanes) is 3. The SMILES string of the molecule is CCCCCCOc1ccc(-c2cc(-c3ccc(C)cc3)c(-n3nn[nH]c3=O)c(=O)[nH]2)c(F)c1. The lowest BCUT2D eigenvalue weighted by molar-refractivity contribution is 0.303. The lowest BCUT2D eigenvalue weighted by Crippen LogP contribution is -2.25. The van der Waals surface area contributed by atoms with Gasteiger partial charge in [-0.25, -0.2) is 14.3 Å². The number of rotatable bonds is 9. The summed E-state index contributed by atoms with van der Waals surface area (Å²) in [6, 6.07) is 13.6. The van der Waals surface area contributed by atoms with Gasteiger partial charge in [0.1, 0.15) is 17.3 Å². The molecule has 0 aliphatic heterocycles. The molecule has 0 bridgehead atoms. The predicted molar refractivity (Wildman–Crippen MR) is 128 cm³/mol.